The van der Waals surface area contributed by atoms with E-state index in [2.05, 4.69) is 60.1 Å². The first kappa shape index (κ1) is 13.4. The zero-order valence-corrected chi connectivity index (χ0v) is 12.6. The Kier molecular flexibility index (Phi) is 3.62. The molecule has 0 atom stereocenters. The molecule has 3 heteroatoms. The molecule has 0 aliphatic carbocycles. The summed E-state index contributed by atoms with van der Waals surface area (Å²) in [6, 6.07) is 8.86. The topological polar surface area (TPSA) is 31.9 Å². The highest BCUT2D eigenvalue weighted by atomic mass is 15.2. The van der Waals surface area contributed by atoms with Gasteiger partial charge < -0.3 is 0 Å². The first-order chi connectivity index (χ1) is 9.69. The van der Waals surface area contributed by atoms with Gasteiger partial charge in [0.2, 0.25) is 0 Å². The number of rotatable bonds is 3. The Balaban J connectivity index is 1.93. The predicted molar refractivity (Wildman–Crippen MR) is 82.8 cm³/mol. The van der Waals surface area contributed by atoms with Gasteiger partial charge >= 0.3 is 0 Å². The summed E-state index contributed by atoms with van der Waals surface area (Å²) in [5.74, 6) is 0.577. The van der Waals surface area contributed by atoms with Gasteiger partial charge in [-0.2, -0.15) is 5.10 Å². The number of nitrogens with one attached hydrogen (secondary N) is 1. The van der Waals surface area contributed by atoms with Crippen molar-refractivity contribution < 1.29 is 0 Å². The van der Waals surface area contributed by atoms with Crippen molar-refractivity contribution in [2.24, 2.45) is 0 Å². The highest BCUT2D eigenvalue weighted by molar-refractivity contribution is 5.64. The molecule has 3 rings (SSSR count). The van der Waals surface area contributed by atoms with Crippen LogP contribution in [0.25, 0.3) is 11.3 Å². The number of likely N-dealkylation sites (N-methyl/N-ethyl adjacent to an activating group) is 1. The highest BCUT2D eigenvalue weighted by Crippen LogP contribution is 2.29. The van der Waals surface area contributed by atoms with Crippen molar-refractivity contribution in [3.8, 4) is 11.3 Å². The molecule has 0 bridgehead atoms. The van der Waals surface area contributed by atoms with Crippen LogP contribution in [0.15, 0.2) is 24.3 Å². The number of fused-ring (bicyclic) bond motifs is 1. The third-order valence-corrected chi connectivity index (χ3v) is 4.31. The molecule has 0 radical (unpaired) electrons. The van der Waals surface area contributed by atoms with Crippen LogP contribution in [0.2, 0.25) is 0 Å². The normalized spacial score (nSPS) is 15.6. The van der Waals surface area contributed by atoms with Gasteiger partial charge in [0.15, 0.2) is 0 Å². The average molecular weight is 269 g/mol. The van der Waals surface area contributed by atoms with Crippen molar-refractivity contribution in [3.05, 3.63) is 41.1 Å². The van der Waals surface area contributed by atoms with Crippen LogP contribution >= 0.6 is 0 Å². The van der Waals surface area contributed by atoms with E-state index < -0.39 is 0 Å². The number of aromatic amines is 1. The predicted octanol–water partition coefficient (Wildman–Crippen LogP) is 3.58. The van der Waals surface area contributed by atoms with Gasteiger partial charge in [0.1, 0.15) is 0 Å². The lowest BCUT2D eigenvalue weighted by atomic mass is 9.97. The molecule has 1 aromatic carbocycles. The van der Waals surface area contributed by atoms with E-state index in [1.165, 1.54) is 22.4 Å². The molecule has 3 nitrogen and oxygen atoms in total. The molecule has 1 aliphatic rings. The van der Waals surface area contributed by atoms with E-state index in [0.29, 0.717) is 5.92 Å². The lowest BCUT2D eigenvalue weighted by Gasteiger charge is -2.25. The molecular formula is C17H23N3. The van der Waals surface area contributed by atoms with E-state index in [-0.39, 0.29) is 0 Å². The van der Waals surface area contributed by atoms with Crippen molar-refractivity contribution in [2.75, 3.05) is 13.1 Å². The van der Waals surface area contributed by atoms with Crippen LogP contribution in [0.1, 0.15) is 43.5 Å². The summed E-state index contributed by atoms with van der Waals surface area (Å²) in [5.41, 5.74) is 6.44. The Morgan fingerprint density at radius 3 is 2.65 bits per heavy atom. The number of benzene rings is 1. The third kappa shape index (κ3) is 2.38. The van der Waals surface area contributed by atoms with Gasteiger partial charge in [-0.3, -0.25) is 10.00 Å². The number of hydrogen-bond acceptors (Lipinski definition) is 2. The van der Waals surface area contributed by atoms with E-state index in [1.807, 2.05) is 0 Å². The van der Waals surface area contributed by atoms with Crippen molar-refractivity contribution in [2.45, 2.75) is 39.7 Å². The summed E-state index contributed by atoms with van der Waals surface area (Å²) in [7, 11) is 0. The fraction of sp³-hybridized carbons (Fsp3) is 0.471. The first-order valence-corrected chi connectivity index (χ1v) is 7.57. The van der Waals surface area contributed by atoms with Crippen LogP contribution in [-0.2, 0) is 13.0 Å². The Hall–Kier alpha value is -1.61. The smallest absolute Gasteiger partial charge is 0.0968 e. The summed E-state index contributed by atoms with van der Waals surface area (Å²) in [6.07, 6.45) is 1.08. The van der Waals surface area contributed by atoms with Gasteiger partial charge in [-0.25, -0.2) is 0 Å². The van der Waals surface area contributed by atoms with E-state index in [1.54, 1.807) is 0 Å². The molecule has 20 heavy (non-hydrogen) atoms. The van der Waals surface area contributed by atoms with Crippen molar-refractivity contribution in [1.82, 2.24) is 15.1 Å². The lowest BCUT2D eigenvalue weighted by Crippen LogP contribution is -2.30. The van der Waals surface area contributed by atoms with Gasteiger partial charge in [-0.1, -0.05) is 45.0 Å². The summed E-state index contributed by atoms with van der Waals surface area (Å²) in [4.78, 5) is 2.48. The molecule has 2 aromatic rings. The Bertz CT molecular complexity index is 581. The van der Waals surface area contributed by atoms with Gasteiger partial charge in [0, 0.05) is 36.3 Å². The summed E-state index contributed by atoms with van der Waals surface area (Å²) < 4.78 is 0. The van der Waals surface area contributed by atoms with E-state index in [9.17, 15) is 0 Å². The summed E-state index contributed by atoms with van der Waals surface area (Å²) >= 11 is 0. The Morgan fingerprint density at radius 1 is 1.25 bits per heavy atom. The average Bonchev–Trinajstić information content (AvgIpc) is 2.90. The minimum absolute atomic E-state index is 0.577. The number of nitrogens with zero attached hydrogens (tertiary/aromatic N) is 2. The fourth-order valence-electron chi connectivity index (χ4n) is 2.89. The van der Waals surface area contributed by atoms with Crippen molar-refractivity contribution in [1.29, 1.82) is 0 Å². The molecule has 2 heterocycles. The van der Waals surface area contributed by atoms with Crippen LogP contribution in [0.5, 0.6) is 0 Å². The van der Waals surface area contributed by atoms with Crippen LogP contribution in [-0.4, -0.2) is 28.2 Å². The van der Waals surface area contributed by atoms with Crippen molar-refractivity contribution in [3.63, 3.8) is 0 Å². The minimum Gasteiger partial charge on any atom is -0.299 e. The minimum atomic E-state index is 0.577. The zero-order valence-electron chi connectivity index (χ0n) is 12.6. The maximum Gasteiger partial charge on any atom is 0.0968 e. The molecule has 0 saturated carbocycles. The van der Waals surface area contributed by atoms with Gasteiger partial charge in [-0.05, 0) is 18.0 Å². The van der Waals surface area contributed by atoms with Crippen LogP contribution in [0.3, 0.4) is 0 Å². The standard InChI is InChI=1S/C17H23N3/c1-4-20-10-9-16-15(11-20)17(19-18-16)14-7-5-13(6-8-14)12(2)3/h5-8,12H,4,9-11H2,1-3H3,(H,18,19). The second-order valence-corrected chi connectivity index (χ2v) is 5.92. The third-order valence-electron chi connectivity index (χ3n) is 4.31. The second-order valence-electron chi connectivity index (χ2n) is 5.92. The molecule has 0 saturated heterocycles. The molecular weight excluding hydrogens is 246 g/mol. The van der Waals surface area contributed by atoms with Crippen LogP contribution < -0.4 is 0 Å². The van der Waals surface area contributed by atoms with Crippen molar-refractivity contribution >= 4 is 0 Å². The molecule has 0 unspecified atom stereocenters. The molecule has 0 amide bonds. The molecule has 1 aliphatic heterocycles. The summed E-state index contributed by atoms with van der Waals surface area (Å²) in [5, 5.41) is 7.79. The monoisotopic (exact) mass is 269 g/mol. The maximum absolute atomic E-state index is 4.56. The summed E-state index contributed by atoms with van der Waals surface area (Å²) in [6.45, 7) is 9.94. The number of aromatic nitrogens is 2. The largest absolute Gasteiger partial charge is 0.299 e. The zero-order chi connectivity index (χ0) is 14.1. The fourth-order valence-corrected chi connectivity index (χ4v) is 2.89. The lowest BCUT2D eigenvalue weighted by molar-refractivity contribution is 0.267. The molecule has 1 aromatic heterocycles. The second kappa shape index (κ2) is 5.41. The quantitative estimate of drug-likeness (QED) is 0.923. The molecule has 1 N–H and O–H groups in total. The van der Waals surface area contributed by atoms with E-state index >= 15 is 0 Å². The van der Waals surface area contributed by atoms with E-state index in [0.717, 1.165) is 31.7 Å². The van der Waals surface area contributed by atoms with Crippen LogP contribution in [0, 0.1) is 0 Å². The first-order valence-electron chi connectivity index (χ1n) is 7.57. The van der Waals surface area contributed by atoms with Gasteiger partial charge in [0.25, 0.3) is 0 Å². The Labute approximate surface area is 121 Å². The molecule has 0 spiro atoms. The molecule has 0 fully saturated rings. The highest BCUT2D eigenvalue weighted by Gasteiger charge is 2.21. The SMILES string of the molecule is CCN1CCc2[nH]nc(-c3ccc(C(C)C)cc3)c2C1. The van der Waals surface area contributed by atoms with Gasteiger partial charge in [-0.15, -0.1) is 0 Å². The van der Waals surface area contributed by atoms with Gasteiger partial charge in [0.05, 0.1) is 5.69 Å². The molecule has 106 valence electrons. The Morgan fingerprint density at radius 2 is 2.00 bits per heavy atom. The van der Waals surface area contributed by atoms with Crippen LogP contribution in [0.4, 0.5) is 0 Å². The van der Waals surface area contributed by atoms with E-state index in [4.69, 9.17) is 0 Å². The number of hydrogen-bond donors (Lipinski definition) is 1. The number of H-pyrrole nitrogens is 1. The maximum atomic E-state index is 4.56.